The first-order valence-electron chi connectivity index (χ1n) is 21.7. The molecule has 0 radical (unpaired) electrons. The van der Waals surface area contributed by atoms with Crippen LogP contribution in [0.15, 0.2) is 102 Å². The molecule has 2 aliphatic rings. The number of aromatic nitrogens is 4. The minimum absolute atomic E-state index is 0.000866. The Bertz CT molecular complexity index is 2720. The number of ketones is 1. The van der Waals surface area contributed by atoms with Crippen LogP contribution in [-0.4, -0.2) is 130 Å². The lowest BCUT2D eigenvalue weighted by Gasteiger charge is -2.44. The molecule has 3 aromatic heterocycles. The van der Waals surface area contributed by atoms with E-state index in [0.29, 0.717) is 33.9 Å². The number of carbonyl (C=O) groups is 3. The molecule has 19 nitrogen and oxygen atoms in total. The summed E-state index contributed by atoms with van der Waals surface area (Å²) in [6.07, 6.45) is -0.106. The fourth-order valence-corrected chi connectivity index (χ4v) is 12.0. The average Bonchev–Trinajstić information content (AvgIpc) is 3.81. The second-order valence-electron chi connectivity index (χ2n) is 16.5. The highest BCUT2D eigenvalue weighted by atomic mass is 32.2. The maximum absolute atomic E-state index is 13.8. The Morgan fingerprint density at radius 2 is 1.09 bits per heavy atom. The van der Waals surface area contributed by atoms with Crippen LogP contribution in [0.3, 0.4) is 0 Å². The summed E-state index contributed by atoms with van der Waals surface area (Å²) < 4.78 is 90.9. The number of alkyl halides is 2. The van der Waals surface area contributed by atoms with Gasteiger partial charge in [-0.25, -0.2) is 0 Å². The Morgan fingerprint density at radius 3 is 1.43 bits per heavy atom. The van der Waals surface area contributed by atoms with E-state index < -0.39 is 32.7 Å². The molecule has 0 aliphatic carbocycles. The summed E-state index contributed by atoms with van der Waals surface area (Å²) in [5.41, 5.74) is 7.98. The number of anilines is 2. The number of amides is 2. The molecule has 2 N–H and O–H groups in total. The second kappa shape index (κ2) is 21.8. The Morgan fingerprint density at radius 1 is 0.662 bits per heavy atom. The predicted octanol–water partition coefficient (Wildman–Crippen LogP) is 4.68. The summed E-state index contributed by atoms with van der Waals surface area (Å²) in [6.45, 7) is 10.8. The van der Waals surface area contributed by atoms with Gasteiger partial charge in [-0.2, -0.15) is 34.2 Å². The zero-order valence-electron chi connectivity index (χ0n) is 38.5. The van der Waals surface area contributed by atoms with Gasteiger partial charge in [-0.3, -0.25) is 33.0 Å². The van der Waals surface area contributed by atoms with E-state index in [1.165, 1.54) is 43.5 Å². The van der Waals surface area contributed by atoms with Crippen LogP contribution >= 0.6 is 0 Å². The molecule has 7 rings (SSSR count). The van der Waals surface area contributed by atoms with Gasteiger partial charge in [0.05, 0.1) is 48.0 Å². The third-order valence-corrected chi connectivity index (χ3v) is 15.1. The van der Waals surface area contributed by atoms with Gasteiger partial charge < -0.3 is 20.0 Å². The monoisotopic (exact) mass is 979 g/mol. The minimum atomic E-state index is -3.99. The lowest BCUT2D eigenvalue weighted by Crippen LogP contribution is -2.61. The molecule has 0 bridgehead atoms. The van der Waals surface area contributed by atoms with Crippen LogP contribution in [0.25, 0.3) is 11.5 Å². The van der Waals surface area contributed by atoms with Crippen molar-refractivity contribution in [3.05, 3.63) is 120 Å². The molecular weight excluding hydrogens is 925 g/mol. The van der Waals surface area contributed by atoms with Crippen molar-refractivity contribution >= 4 is 49.4 Å². The summed E-state index contributed by atoms with van der Waals surface area (Å²) in [5, 5.41) is 6.90. The van der Waals surface area contributed by atoms with Crippen molar-refractivity contribution in [3.63, 3.8) is 0 Å². The van der Waals surface area contributed by atoms with Crippen LogP contribution in [0.1, 0.15) is 75.6 Å². The van der Waals surface area contributed by atoms with Crippen molar-refractivity contribution in [2.24, 2.45) is 5.73 Å². The van der Waals surface area contributed by atoms with Crippen molar-refractivity contribution in [3.8, 4) is 11.5 Å². The van der Waals surface area contributed by atoms with Crippen LogP contribution in [-0.2, 0) is 43.1 Å². The highest BCUT2D eigenvalue weighted by Gasteiger charge is 2.41. The summed E-state index contributed by atoms with van der Waals surface area (Å²) >= 11 is 0. The lowest BCUT2D eigenvalue weighted by atomic mass is 10.1. The first kappa shape index (κ1) is 51.1. The van der Waals surface area contributed by atoms with Gasteiger partial charge in [0.2, 0.25) is 17.7 Å². The van der Waals surface area contributed by atoms with Crippen LogP contribution < -0.4 is 14.3 Å². The fourth-order valence-electron chi connectivity index (χ4n) is 8.43. The molecule has 5 heterocycles. The molecule has 4 atom stereocenters. The first-order valence-corrected chi connectivity index (χ1v) is 24.5. The number of para-hydroxylation sites is 2. The van der Waals surface area contributed by atoms with Gasteiger partial charge in [0.15, 0.2) is 5.78 Å². The van der Waals surface area contributed by atoms with Crippen molar-refractivity contribution in [1.29, 1.82) is 0 Å². The van der Waals surface area contributed by atoms with Gasteiger partial charge in [-0.15, -0.1) is 10.2 Å². The van der Waals surface area contributed by atoms with Crippen LogP contribution in [0.5, 0.6) is 0 Å². The van der Waals surface area contributed by atoms with E-state index in [-0.39, 0.29) is 93.5 Å². The quantitative estimate of drug-likeness (QED) is 0.149. The third kappa shape index (κ3) is 11.7. The smallest absolute Gasteiger partial charge is 0.314 e. The molecule has 2 aromatic carbocycles. The number of hydrogen-bond donors (Lipinski definition) is 1. The number of Topliss-reactive ketones (excluding diaryl/α,β-unsaturated/α-hetero) is 1. The summed E-state index contributed by atoms with van der Waals surface area (Å²) in [7, 11) is -7.91. The molecule has 0 saturated carbocycles. The van der Waals surface area contributed by atoms with E-state index in [0.717, 1.165) is 0 Å². The lowest BCUT2D eigenvalue weighted by molar-refractivity contribution is -0.136. The first-order chi connectivity index (χ1) is 32.2. The van der Waals surface area contributed by atoms with Crippen molar-refractivity contribution in [2.75, 3.05) is 41.3 Å². The van der Waals surface area contributed by atoms with E-state index in [1.54, 1.807) is 88.7 Å². The molecule has 23 heteroatoms. The molecule has 5 aromatic rings. The highest BCUT2D eigenvalue weighted by Crippen LogP contribution is 2.29. The highest BCUT2D eigenvalue weighted by molar-refractivity contribution is 7.90. The number of nitrogens with two attached hydrogens (primary N) is 1. The molecule has 0 unspecified atom stereocenters. The maximum atomic E-state index is 13.8. The summed E-state index contributed by atoms with van der Waals surface area (Å²) in [5.74, 6) is -1.30. The molecule has 2 aliphatic heterocycles. The van der Waals surface area contributed by atoms with E-state index in [2.05, 4.69) is 20.2 Å². The van der Waals surface area contributed by atoms with Gasteiger partial charge in [0.1, 0.15) is 0 Å². The van der Waals surface area contributed by atoms with E-state index >= 15 is 0 Å². The van der Waals surface area contributed by atoms with Crippen LogP contribution in [0.4, 0.5) is 20.2 Å². The van der Waals surface area contributed by atoms with E-state index in [9.17, 15) is 40.0 Å². The number of halogens is 2. The Kier molecular flexibility index (Phi) is 16.4. The van der Waals surface area contributed by atoms with Gasteiger partial charge in [0.25, 0.3) is 5.89 Å². The Hall–Kier alpha value is -6.27. The van der Waals surface area contributed by atoms with Gasteiger partial charge >= 0.3 is 26.8 Å². The standard InChI is InChI=1S/C23H26F2N6O4S.C22H29N5O4S/c1-15-12-29(13-16(2)31(15)17(3)32)36(33,34)30(20-7-5-4-6-8-20)14-19-10-9-18(11-26-19)22-27-28-23(35-22)21(24)25;1-16-13-25(14-17(2)27(16)18(3)28)32(30,31)26(21-7-5-4-6-8-21)15-20-10-9-19(12-24-20)22(29)11-23/h4-11,15-16,21H,12-14H2,1-3H3;4-10,12,16-17H,11,13-15,23H2,1-3H3/t15-,16+;16-,17+. The Labute approximate surface area is 394 Å². The zero-order chi connectivity index (χ0) is 49.5. The van der Waals surface area contributed by atoms with Gasteiger partial charge in [0, 0.05) is 82.2 Å². The van der Waals surface area contributed by atoms with E-state index in [4.69, 9.17) is 10.2 Å². The SMILES string of the molecule is CC(=O)N1[C@H](C)CN(S(=O)(=O)N(Cc2ccc(-c3nnc(C(F)F)o3)cn2)c2ccccc2)C[C@@H]1C.CC(=O)N1[C@H](C)CN(S(=O)(=O)N(Cc2ccc(C(=O)CN)cn2)c2ccccc2)C[C@@H]1C. The number of hydrogen-bond acceptors (Lipinski definition) is 13. The van der Waals surface area contributed by atoms with Crippen molar-refractivity contribution in [1.82, 2.24) is 38.6 Å². The topological polar surface area (TPSA) is 230 Å². The number of carbonyl (C=O) groups excluding carboxylic acids is 3. The average molecular weight is 980 g/mol. The minimum Gasteiger partial charge on any atom is -0.415 e. The van der Waals surface area contributed by atoms with Crippen molar-refractivity contribution < 1.29 is 44.4 Å². The van der Waals surface area contributed by atoms with Gasteiger partial charge in [-0.1, -0.05) is 36.4 Å². The van der Waals surface area contributed by atoms with Crippen molar-refractivity contribution in [2.45, 2.75) is 85.2 Å². The molecule has 2 saturated heterocycles. The largest absolute Gasteiger partial charge is 0.415 e. The summed E-state index contributed by atoms with van der Waals surface area (Å²) in [4.78, 5) is 47.8. The van der Waals surface area contributed by atoms with Crippen LogP contribution in [0, 0.1) is 0 Å². The molecule has 68 heavy (non-hydrogen) atoms. The number of pyridine rings is 2. The predicted molar refractivity (Wildman–Crippen MR) is 249 cm³/mol. The van der Waals surface area contributed by atoms with Crippen LogP contribution in [0.2, 0.25) is 0 Å². The molecule has 364 valence electrons. The fraction of sp³-hybridized carbons (Fsp3) is 0.400. The van der Waals surface area contributed by atoms with E-state index in [1.807, 2.05) is 33.8 Å². The molecule has 2 fully saturated rings. The molecular formula is C45H55F2N11O8S2. The molecule has 0 spiro atoms. The molecule has 2 amide bonds. The second-order valence-corrected chi connectivity index (χ2v) is 20.2. The third-order valence-electron chi connectivity index (χ3n) is 11.4. The zero-order valence-corrected chi connectivity index (χ0v) is 40.1. The number of rotatable bonds is 14. The Balaban J connectivity index is 0.000000226. The number of piperazine rings is 2. The number of nitrogens with zero attached hydrogens (tertiary/aromatic N) is 10. The summed E-state index contributed by atoms with van der Waals surface area (Å²) in [6, 6.07) is 22.7. The maximum Gasteiger partial charge on any atom is 0.314 e. The number of benzene rings is 2. The normalized spacial score (nSPS) is 19.3. The van der Waals surface area contributed by atoms with Gasteiger partial charge in [-0.05, 0) is 76.2 Å².